The van der Waals surface area contributed by atoms with Crippen LogP contribution in [0.2, 0.25) is 0 Å². The smallest absolute Gasteiger partial charge is 0.335 e. The Morgan fingerprint density at radius 2 is 1.84 bits per heavy atom. The number of anilines is 2. The largest absolute Gasteiger partial charge is 0.454 e. The number of carbonyl (C=O) groups is 3. The van der Waals surface area contributed by atoms with Crippen molar-refractivity contribution in [2.75, 3.05) is 23.1 Å². The van der Waals surface area contributed by atoms with Gasteiger partial charge in [-0.25, -0.2) is 9.69 Å². The standard InChI is InChI=1S/C23H21N3O5/c27-20-23(12-14-5-1-2-6-16(14)25-10-4-3-7-19(23)25)21(28)26(22(29)24-20)15-8-9-17-18(11-15)31-13-30-17/h1-2,5-6,8-9,11,19H,3-4,7,10,12-13H2,(H,24,27,29)/t19-,23-/m1/s1. The van der Waals surface area contributed by atoms with E-state index >= 15 is 0 Å². The van der Waals surface area contributed by atoms with Gasteiger partial charge in [-0.3, -0.25) is 14.9 Å². The summed E-state index contributed by atoms with van der Waals surface area (Å²) in [6.45, 7) is 0.872. The van der Waals surface area contributed by atoms with Crippen molar-refractivity contribution in [2.24, 2.45) is 5.41 Å². The average Bonchev–Trinajstić information content (AvgIpc) is 3.26. The highest BCUT2D eigenvalue weighted by Gasteiger charge is 2.62. The van der Waals surface area contributed by atoms with Crippen LogP contribution in [0.1, 0.15) is 24.8 Å². The molecule has 8 heteroatoms. The van der Waals surface area contributed by atoms with E-state index < -0.39 is 23.3 Å². The molecule has 0 aromatic heterocycles. The number of ether oxygens (including phenoxy) is 2. The van der Waals surface area contributed by atoms with E-state index in [1.54, 1.807) is 18.2 Å². The Morgan fingerprint density at radius 1 is 1.00 bits per heavy atom. The molecule has 4 aliphatic heterocycles. The van der Waals surface area contributed by atoms with Crippen molar-refractivity contribution in [1.29, 1.82) is 0 Å². The number of urea groups is 1. The molecule has 0 bridgehead atoms. The van der Waals surface area contributed by atoms with Gasteiger partial charge in [0.1, 0.15) is 0 Å². The van der Waals surface area contributed by atoms with Gasteiger partial charge in [-0.05, 0) is 49.4 Å². The first-order chi connectivity index (χ1) is 15.1. The number of hydrogen-bond acceptors (Lipinski definition) is 6. The summed E-state index contributed by atoms with van der Waals surface area (Å²) in [5, 5.41) is 2.48. The highest BCUT2D eigenvalue weighted by atomic mass is 16.7. The summed E-state index contributed by atoms with van der Waals surface area (Å²) in [4.78, 5) is 43.5. The summed E-state index contributed by atoms with van der Waals surface area (Å²) in [5.74, 6) is 0.0409. The second-order valence-electron chi connectivity index (χ2n) is 8.42. The molecule has 2 saturated heterocycles. The first-order valence-corrected chi connectivity index (χ1v) is 10.5. The molecule has 2 aromatic rings. The Balaban J connectivity index is 1.48. The van der Waals surface area contributed by atoms with Crippen LogP contribution in [0.25, 0.3) is 0 Å². The summed E-state index contributed by atoms with van der Waals surface area (Å²) in [6, 6.07) is 11.8. The van der Waals surface area contributed by atoms with Gasteiger partial charge in [0, 0.05) is 18.3 Å². The van der Waals surface area contributed by atoms with Gasteiger partial charge >= 0.3 is 6.03 Å². The van der Waals surface area contributed by atoms with Crippen LogP contribution in [0.3, 0.4) is 0 Å². The van der Waals surface area contributed by atoms with E-state index in [-0.39, 0.29) is 19.3 Å². The number of hydrogen-bond donors (Lipinski definition) is 1. The Kier molecular flexibility index (Phi) is 3.81. The molecule has 2 fully saturated rings. The molecule has 8 nitrogen and oxygen atoms in total. The SMILES string of the molecule is O=C1NC(=O)[C@]2(Cc3ccccc3N3CCCC[C@@H]32)C(=O)N1c1ccc2c(c1)OCO2. The lowest BCUT2D eigenvalue weighted by molar-refractivity contribution is -0.145. The fourth-order valence-electron chi connectivity index (χ4n) is 5.45. The molecular weight excluding hydrogens is 398 g/mol. The van der Waals surface area contributed by atoms with E-state index in [0.717, 1.165) is 42.0 Å². The minimum Gasteiger partial charge on any atom is -0.454 e. The van der Waals surface area contributed by atoms with Crippen LogP contribution >= 0.6 is 0 Å². The van der Waals surface area contributed by atoms with Crippen LogP contribution in [0.4, 0.5) is 16.2 Å². The quantitative estimate of drug-likeness (QED) is 0.715. The summed E-state index contributed by atoms with van der Waals surface area (Å²) >= 11 is 0. The van der Waals surface area contributed by atoms with E-state index in [0.29, 0.717) is 17.2 Å². The Labute approximate surface area is 178 Å². The van der Waals surface area contributed by atoms with Crippen molar-refractivity contribution in [3.8, 4) is 11.5 Å². The number of para-hydroxylation sites is 1. The van der Waals surface area contributed by atoms with Crippen molar-refractivity contribution in [1.82, 2.24) is 5.32 Å². The monoisotopic (exact) mass is 419 g/mol. The maximum absolute atomic E-state index is 14.0. The topological polar surface area (TPSA) is 88.2 Å². The Hall–Kier alpha value is -3.55. The fourth-order valence-corrected chi connectivity index (χ4v) is 5.45. The molecule has 0 radical (unpaired) electrons. The molecular formula is C23H21N3O5. The van der Waals surface area contributed by atoms with Crippen molar-refractivity contribution in [3.63, 3.8) is 0 Å². The molecule has 0 saturated carbocycles. The second kappa shape index (κ2) is 6.47. The van der Waals surface area contributed by atoms with Crippen LogP contribution in [-0.2, 0) is 16.0 Å². The summed E-state index contributed by atoms with van der Waals surface area (Å²) < 4.78 is 10.8. The van der Waals surface area contributed by atoms with E-state index in [9.17, 15) is 14.4 Å². The highest BCUT2D eigenvalue weighted by molar-refractivity contribution is 6.30. The molecule has 0 aliphatic carbocycles. The van der Waals surface area contributed by atoms with Crippen molar-refractivity contribution < 1.29 is 23.9 Å². The van der Waals surface area contributed by atoms with Gasteiger partial charge in [-0.2, -0.15) is 0 Å². The van der Waals surface area contributed by atoms with Gasteiger partial charge in [0.05, 0.1) is 11.7 Å². The lowest BCUT2D eigenvalue weighted by Gasteiger charge is -2.53. The molecule has 6 rings (SSSR count). The van der Waals surface area contributed by atoms with E-state index in [1.807, 2.05) is 24.3 Å². The maximum atomic E-state index is 14.0. The zero-order valence-electron chi connectivity index (χ0n) is 16.8. The minimum atomic E-state index is -1.36. The summed E-state index contributed by atoms with van der Waals surface area (Å²) in [5.41, 5.74) is 1.02. The number of nitrogens with zero attached hydrogens (tertiary/aromatic N) is 2. The van der Waals surface area contributed by atoms with Gasteiger partial charge in [0.15, 0.2) is 16.9 Å². The highest BCUT2D eigenvalue weighted by Crippen LogP contribution is 2.48. The Bertz CT molecular complexity index is 1130. The number of carbonyl (C=O) groups excluding carboxylic acids is 3. The maximum Gasteiger partial charge on any atom is 0.335 e. The lowest BCUT2D eigenvalue weighted by Crippen LogP contribution is -2.72. The van der Waals surface area contributed by atoms with Crippen molar-refractivity contribution in [2.45, 2.75) is 31.7 Å². The number of barbiturate groups is 1. The molecule has 31 heavy (non-hydrogen) atoms. The molecule has 158 valence electrons. The van der Waals surface area contributed by atoms with Crippen molar-refractivity contribution >= 4 is 29.2 Å². The molecule has 4 amide bonds. The zero-order valence-corrected chi connectivity index (χ0v) is 16.8. The van der Waals surface area contributed by atoms with Crippen molar-refractivity contribution in [3.05, 3.63) is 48.0 Å². The zero-order chi connectivity index (χ0) is 21.2. The van der Waals surface area contributed by atoms with Gasteiger partial charge in [0.25, 0.3) is 5.91 Å². The Morgan fingerprint density at radius 3 is 2.74 bits per heavy atom. The number of nitrogens with one attached hydrogen (secondary N) is 1. The van der Waals surface area contributed by atoms with Crippen LogP contribution in [-0.4, -0.2) is 37.2 Å². The number of piperidine rings is 1. The third-order valence-corrected chi connectivity index (χ3v) is 6.87. The third kappa shape index (κ3) is 2.44. The fraction of sp³-hybridized carbons (Fsp3) is 0.348. The normalized spacial score (nSPS) is 26.6. The van der Waals surface area contributed by atoms with E-state index in [4.69, 9.17) is 9.47 Å². The van der Waals surface area contributed by atoms with Gasteiger partial charge < -0.3 is 14.4 Å². The first kappa shape index (κ1) is 18.2. The predicted molar refractivity (Wildman–Crippen MR) is 111 cm³/mol. The van der Waals surface area contributed by atoms with E-state index in [1.165, 1.54) is 0 Å². The average molecular weight is 419 g/mol. The van der Waals surface area contributed by atoms with Gasteiger partial charge in [-0.15, -0.1) is 0 Å². The second-order valence-corrected chi connectivity index (χ2v) is 8.42. The molecule has 1 spiro atoms. The number of imide groups is 2. The van der Waals surface area contributed by atoms with Crippen LogP contribution in [0.15, 0.2) is 42.5 Å². The van der Waals surface area contributed by atoms with E-state index in [2.05, 4.69) is 10.2 Å². The molecule has 2 atom stereocenters. The van der Waals surface area contributed by atoms with Gasteiger partial charge in [0.2, 0.25) is 12.7 Å². The summed E-state index contributed by atoms with van der Waals surface area (Å²) in [7, 11) is 0. The number of fused-ring (bicyclic) bond motifs is 5. The third-order valence-electron chi connectivity index (χ3n) is 6.87. The first-order valence-electron chi connectivity index (χ1n) is 10.5. The number of benzene rings is 2. The number of amides is 4. The predicted octanol–water partition coefficient (Wildman–Crippen LogP) is 2.60. The molecule has 4 aliphatic rings. The summed E-state index contributed by atoms with van der Waals surface area (Å²) in [6.07, 6.45) is 2.92. The molecule has 1 N–H and O–H groups in total. The number of rotatable bonds is 1. The molecule has 4 heterocycles. The lowest BCUT2D eigenvalue weighted by atomic mass is 9.66. The van der Waals surface area contributed by atoms with Crippen LogP contribution in [0, 0.1) is 5.41 Å². The molecule has 0 unspecified atom stereocenters. The minimum absolute atomic E-state index is 0.0924. The molecule has 2 aromatic carbocycles. The van der Waals surface area contributed by atoms with Gasteiger partial charge in [-0.1, -0.05) is 18.2 Å². The van der Waals surface area contributed by atoms with Crippen LogP contribution < -0.4 is 24.6 Å². The van der Waals surface area contributed by atoms with Crippen LogP contribution in [0.5, 0.6) is 11.5 Å².